The van der Waals surface area contributed by atoms with E-state index in [1.807, 2.05) is 0 Å². The second-order valence-electron chi connectivity index (χ2n) is 4.26. The third-order valence-electron chi connectivity index (χ3n) is 2.75. The highest BCUT2D eigenvalue weighted by Gasteiger charge is 2.23. The van der Waals surface area contributed by atoms with Gasteiger partial charge in [0.05, 0.1) is 6.26 Å². The van der Waals surface area contributed by atoms with E-state index in [9.17, 15) is 8.42 Å². The molecule has 0 aliphatic carbocycles. The lowest BCUT2D eigenvalue weighted by atomic mass is 10.1. The molecule has 0 radical (unpaired) electrons. The summed E-state index contributed by atoms with van der Waals surface area (Å²) >= 11 is 0. The van der Waals surface area contributed by atoms with Crippen LogP contribution in [-0.4, -0.2) is 57.8 Å². The van der Waals surface area contributed by atoms with Gasteiger partial charge in [-0.25, -0.2) is 13.1 Å². The Morgan fingerprint density at radius 3 is 2.33 bits per heavy atom. The Balaban J connectivity index is 2.36. The van der Waals surface area contributed by atoms with E-state index in [0.29, 0.717) is 18.6 Å². The van der Waals surface area contributed by atoms with Gasteiger partial charge < -0.3 is 5.32 Å². The second-order valence-corrected chi connectivity index (χ2v) is 6.09. The molecule has 2 N–H and O–H groups in total. The average molecular weight is 235 g/mol. The lowest BCUT2D eigenvalue weighted by molar-refractivity contribution is 0.120. The molecule has 0 unspecified atom stereocenters. The van der Waals surface area contributed by atoms with Crippen LogP contribution in [0.2, 0.25) is 0 Å². The topological polar surface area (TPSA) is 61.4 Å². The Morgan fingerprint density at radius 2 is 1.87 bits per heavy atom. The van der Waals surface area contributed by atoms with Crippen molar-refractivity contribution in [3.63, 3.8) is 0 Å². The molecule has 0 spiro atoms. The van der Waals surface area contributed by atoms with Gasteiger partial charge in [0.1, 0.15) is 0 Å². The molecule has 0 aromatic rings. The van der Waals surface area contributed by atoms with Crippen LogP contribution in [0.15, 0.2) is 0 Å². The number of hydrogen-bond donors (Lipinski definition) is 2. The largest absolute Gasteiger partial charge is 0.314 e. The lowest BCUT2D eigenvalue weighted by Crippen LogP contribution is -2.56. The van der Waals surface area contributed by atoms with Gasteiger partial charge in [0.2, 0.25) is 10.0 Å². The molecule has 0 amide bonds. The van der Waals surface area contributed by atoms with E-state index >= 15 is 0 Å². The van der Waals surface area contributed by atoms with Gasteiger partial charge in [-0.2, -0.15) is 0 Å². The molecule has 6 heteroatoms. The molecule has 1 rings (SSSR count). The van der Waals surface area contributed by atoms with Crippen molar-refractivity contribution < 1.29 is 8.42 Å². The first-order valence-electron chi connectivity index (χ1n) is 5.31. The number of sulfonamides is 1. The van der Waals surface area contributed by atoms with Crippen molar-refractivity contribution in [1.82, 2.24) is 14.9 Å². The highest BCUT2D eigenvalue weighted by molar-refractivity contribution is 7.88. The van der Waals surface area contributed by atoms with Gasteiger partial charge in [0, 0.05) is 38.3 Å². The van der Waals surface area contributed by atoms with Gasteiger partial charge in [-0.15, -0.1) is 0 Å². The SMILES string of the molecule is C[C@@H]1CNC[C@H](C)N1CCNS(C)(=O)=O. The summed E-state index contributed by atoms with van der Waals surface area (Å²) in [6, 6.07) is 0.935. The predicted octanol–water partition coefficient (Wildman–Crippen LogP) is -0.782. The highest BCUT2D eigenvalue weighted by Crippen LogP contribution is 2.08. The molecule has 1 aliphatic heterocycles. The van der Waals surface area contributed by atoms with Gasteiger partial charge in [-0.1, -0.05) is 0 Å². The monoisotopic (exact) mass is 235 g/mol. The second kappa shape index (κ2) is 5.25. The van der Waals surface area contributed by atoms with Gasteiger partial charge in [0.15, 0.2) is 0 Å². The quantitative estimate of drug-likeness (QED) is 0.671. The maximum Gasteiger partial charge on any atom is 0.208 e. The van der Waals surface area contributed by atoms with Crippen LogP contribution in [0, 0.1) is 0 Å². The third kappa shape index (κ3) is 4.46. The van der Waals surface area contributed by atoms with E-state index in [1.54, 1.807) is 0 Å². The molecule has 0 saturated carbocycles. The zero-order valence-corrected chi connectivity index (χ0v) is 10.5. The standard InChI is InChI=1S/C9H21N3O2S/c1-8-6-10-7-9(2)12(8)5-4-11-15(3,13)14/h8-11H,4-7H2,1-3H3/t8-,9+. The minimum absolute atomic E-state index is 0.468. The zero-order valence-electron chi connectivity index (χ0n) is 9.66. The summed E-state index contributed by atoms with van der Waals surface area (Å²) in [5.74, 6) is 0. The predicted molar refractivity (Wildman–Crippen MR) is 61.3 cm³/mol. The molecule has 2 atom stereocenters. The van der Waals surface area contributed by atoms with Gasteiger partial charge in [0.25, 0.3) is 0 Å². The molecular weight excluding hydrogens is 214 g/mol. The van der Waals surface area contributed by atoms with Gasteiger partial charge in [-0.3, -0.25) is 4.90 Å². The van der Waals surface area contributed by atoms with E-state index in [-0.39, 0.29) is 0 Å². The third-order valence-corrected chi connectivity index (χ3v) is 3.47. The van der Waals surface area contributed by atoms with Crippen molar-refractivity contribution >= 4 is 10.0 Å². The number of rotatable bonds is 4. The lowest BCUT2D eigenvalue weighted by Gasteiger charge is -2.39. The smallest absolute Gasteiger partial charge is 0.208 e. The summed E-state index contributed by atoms with van der Waals surface area (Å²) in [5, 5.41) is 3.34. The van der Waals surface area contributed by atoms with Crippen LogP contribution < -0.4 is 10.0 Å². The molecule has 15 heavy (non-hydrogen) atoms. The van der Waals surface area contributed by atoms with Crippen molar-refractivity contribution in [2.24, 2.45) is 0 Å². The number of piperazine rings is 1. The molecular formula is C9H21N3O2S. The number of hydrogen-bond acceptors (Lipinski definition) is 4. The molecule has 1 saturated heterocycles. The molecule has 1 aliphatic rings. The van der Waals surface area contributed by atoms with Crippen LogP contribution in [0.1, 0.15) is 13.8 Å². The molecule has 1 heterocycles. The van der Waals surface area contributed by atoms with E-state index in [4.69, 9.17) is 0 Å². The molecule has 0 bridgehead atoms. The fourth-order valence-corrected chi connectivity index (χ4v) is 2.43. The molecule has 5 nitrogen and oxygen atoms in total. The minimum atomic E-state index is -3.05. The van der Waals surface area contributed by atoms with Crippen LogP contribution >= 0.6 is 0 Å². The molecule has 90 valence electrons. The fraction of sp³-hybridized carbons (Fsp3) is 1.00. The summed E-state index contributed by atoms with van der Waals surface area (Å²) in [4.78, 5) is 2.33. The summed E-state index contributed by atoms with van der Waals surface area (Å²) in [7, 11) is -3.05. The Labute approximate surface area is 92.3 Å². The van der Waals surface area contributed by atoms with Gasteiger partial charge in [-0.05, 0) is 13.8 Å². The van der Waals surface area contributed by atoms with E-state index < -0.39 is 10.0 Å². The average Bonchev–Trinajstić information content (AvgIpc) is 2.08. The number of nitrogens with zero attached hydrogens (tertiary/aromatic N) is 1. The Bertz CT molecular complexity index is 282. The Morgan fingerprint density at radius 1 is 1.33 bits per heavy atom. The van der Waals surface area contributed by atoms with E-state index in [0.717, 1.165) is 19.6 Å². The highest BCUT2D eigenvalue weighted by atomic mass is 32.2. The summed E-state index contributed by atoms with van der Waals surface area (Å²) in [6.07, 6.45) is 1.19. The fourth-order valence-electron chi connectivity index (χ4n) is 1.97. The summed E-state index contributed by atoms with van der Waals surface area (Å²) in [6.45, 7) is 7.53. The first-order chi connectivity index (χ1) is 6.90. The summed E-state index contributed by atoms with van der Waals surface area (Å²) in [5.41, 5.74) is 0. The van der Waals surface area contributed by atoms with Crippen molar-refractivity contribution in [2.45, 2.75) is 25.9 Å². The van der Waals surface area contributed by atoms with Crippen LogP contribution in [0.3, 0.4) is 0 Å². The zero-order chi connectivity index (χ0) is 11.5. The maximum atomic E-state index is 10.9. The molecule has 1 fully saturated rings. The van der Waals surface area contributed by atoms with Crippen LogP contribution in [-0.2, 0) is 10.0 Å². The van der Waals surface area contributed by atoms with Crippen LogP contribution in [0.25, 0.3) is 0 Å². The Kier molecular flexibility index (Phi) is 4.51. The molecule has 0 aromatic heterocycles. The van der Waals surface area contributed by atoms with E-state index in [2.05, 4.69) is 28.8 Å². The maximum absolute atomic E-state index is 10.9. The van der Waals surface area contributed by atoms with Crippen molar-refractivity contribution in [3.05, 3.63) is 0 Å². The Hall–Kier alpha value is -0.170. The normalized spacial score (nSPS) is 29.3. The van der Waals surface area contributed by atoms with Crippen molar-refractivity contribution in [1.29, 1.82) is 0 Å². The van der Waals surface area contributed by atoms with Crippen LogP contribution in [0.4, 0.5) is 0 Å². The summed E-state index contributed by atoms with van der Waals surface area (Å²) < 4.78 is 24.3. The first-order valence-corrected chi connectivity index (χ1v) is 7.20. The van der Waals surface area contributed by atoms with Crippen molar-refractivity contribution in [3.8, 4) is 0 Å². The first kappa shape index (κ1) is 12.9. The van der Waals surface area contributed by atoms with Gasteiger partial charge >= 0.3 is 0 Å². The molecule has 0 aromatic carbocycles. The van der Waals surface area contributed by atoms with E-state index in [1.165, 1.54) is 6.26 Å². The van der Waals surface area contributed by atoms with Crippen molar-refractivity contribution in [2.75, 3.05) is 32.4 Å². The minimum Gasteiger partial charge on any atom is -0.314 e. The number of nitrogens with one attached hydrogen (secondary N) is 2. The van der Waals surface area contributed by atoms with Crippen LogP contribution in [0.5, 0.6) is 0 Å².